The lowest BCUT2D eigenvalue weighted by atomic mass is 10.2. The van der Waals surface area contributed by atoms with Crippen molar-refractivity contribution in [2.24, 2.45) is 0 Å². The van der Waals surface area contributed by atoms with E-state index in [0.717, 1.165) is 18.7 Å². The number of carbonyl (C=O) groups is 1. The number of likely N-dealkylation sites (tertiary alicyclic amines) is 1. The van der Waals surface area contributed by atoms with Gasteiger partial charge >= 0.3 is 0 Å². The Morgan fingerprint density at radius 3 is 2.61 bits per heavy atom. The summed E-state index contributed by atoms with van der Waals surface area (Å²) in [5, 5.41) is 3.46. The fourth-order valence-corrected chi connectivity index (χ4v) is 2.73. The van der Waals surface area contributed by atoms with Crippen LogP contribution in [-0.4, -0.2) is 55.5 Å². The van der Waals surface area contributed by atoms with Gasteiger partial charge in [0.2, 0.25) is 5.91 Å². The molecule has 1 aromatic rings. The number of nitrogens with zero attached hydrogens (tertiary/aromatic N) is 2. The fraction of sp³-hybridized carbons (Fsp3) is 0.562. The van der Waals surface area contributed by atoms with Crippen LogP contribution >= 0.6 is 36.4 Å². The summed E-state index contributed by atoms with van der Waals surface area (Å²) in [6.45, 7) is 6.70. The zero-order valence-electron chi connectivity index (χ0n) is 13.7. The summed E-state index contributed by atoms with van der Waals surface area (Å²) < 4.78 is 0. The number of likely N-dealkylation sites (N-methyl/N-ethyl adjacent to an activating group) is 1. The van der Waals surface area contributed by atoms with Gasteiger partial charge in [-0.25, -0.2) is 0 Å². The number of carbonyl (C=O) groups excluding carboxylic acids is 1. The molecule has 132 valence electrons. The summed E-state index contributed by atoms with van der Waals surface area (Å²) >= 11 is 6.09. The molecule has 0 unspecified atom stereocenters. The van der Waals surface area contributed by atoms with Gasteiger partial charge in [0.15, 0.2) is 0 Å². The van der Waals surface area contributed by atoms with E-state index in [0.29, 0.717) is 17.3 Å². The number of hydrogen-bond acceptors (Lipinski definition) is 3. The molecule has 23 heavy (non-hydrogen) atoms. The van der Waals surface area contributed by atoms with Crippen molar-refractivity contribution >= 4 is 48.0 Å². The highest BCUT2D eigenvalue weighted by atomic mass is 35.5. The van der Waals surface area contributed by atoms with Crippen molar-refractivity contribution in [2.45, 2.75) is 19.8 Å². The number of benzene rings is 1. The van der Waals surface area contributed by atoms with E-state index in [2.05, 4.69) is 15.1 Å². The van der Waals surface area contributed by atoms with Gasteiger partial charge in [-0.05, 0) is 57.6 Å². The molecule has 0 spiro atoms. The summed E-state index contributed by atoms with van der Waals surface area (Å²) in [5.74, 6) is -0.0218. The fourth-order valence-electron chi connectivity index (χ4n) is 2.57. The first-order chi connectivity index (χ1) is 10.0. The van der Waals surface area contributed by atoms with E-state index < -0.39 is 0 Å². The highest BCUT2D eigenvalue weighted by Crippen LogP contribution is 2.22. The van der Waals surface area contributed by atoms with Gasteiger partial charge in [0, 0.05) is 13.1 Å². The second kappa shape index (κ2) is 11.1. The quantitative estimate of drug-likeness (QED) is 0.818. The van der Waals surface area contributed by atoms with Crippen molar-refractivity contribution in [1.82, 2.24) is 9.80 Å². The highest BCUT2D eigenvalue weighted by Gasteiger charge is 2.13. The molecular weight excluding hydrogens is 357 g/mol. The second-order valence-electron chi connectivity index (χ2n) is 5.82. The van der Waals surface area contributed by atoms with E-state index in [9.17, 15) is 4.79 Å². The maximum absolute atomic E-state index is 12.1. The SMILES string of the molecule is Cc1ccc(Cl)c(NC(=O)CN(C)CCN2CCCC2)c1.Cl.Cl. The van der Waals surface area contributed by atoms with E-state index in [1.54, 1.807) is 0 Å². The van der Waals surface area contributed by atoms with Crippen molar-refractivity contribution in [3.8, 4) is 0 Å². The third-order valence-electron chi connectivity index (χ3n) is 3.81. The van der Waals surface area contributed by atoms with Crippen LogP contribution in [0, 0.1) is 6.92 Å². The van der Waals surface area contributed by atoms with Gasteiger partial charge in [-0.2, -0.15) is 0 Å². The lowest BCUT2D eigenvalue weighted by Crippen LogP contribution is -2.36. The Morgan fingerprint density at radius 2 is 1.96 bits per heavy atom. The van der Waals surface area contributed by atoms with Crippen LogP contribution in [0.4, 0.5) is 5.69 Å². The number of anilines is 1. The van der Waals surface area contributed by atoms with Gasteiger partial charge in [-0.15, -0.1) is 24.8 Å². The molecule has 1 saturated heterocycles. The number of rotatable bonds is 6. The van der Waals surface area contributed by atoms with Gasteiger partial charge < -0.3 is 10.2 Å². The van der Waals surface area contributed by atoms with Crippen LogP contribution in [0.25, 0.3) is 0 Å². The zero-order chi connectivity index (χ0) is 15.2. The largest absolute Gasteiger partial charge is 0.324 e. The summed E-state index contributed by atoms with van der Waals surface area (Å²) in [4.78, 5) is 16.6. The average molecular weight is 383 g/mol. The predicted molar refractivity (Wildman–Crippen MR) is 102 cm³/mol. The van der Waals surface area contributed by atoms with Crippen LogP contribution in [0.15, 0.2) is 18.2 Å². The van der Waals surface area contributed by atoms with Gasteiger partial charge in [-0.3, -0.25) is 9.69 Å². The number of aryl methyl sites for hydroxylation is 1. The van der Waals surface area contributed by atoms with Crippen LogP contribution in [0.1, 0.15) is 18.4 Å². The molecule has 1 amide bonds. The highest BCUT2D eigenvalue weighted by molar-refractivity contribution is 6.33. The Labute approximate surface area is 156 Å². The molecule has 7 heteroatoms. The minimum Gasteiger partial charge on any atom is -0.324 e. The minimum absolute atomic E-state index is 0. The molecule has 1 aliphatic rings. The van der Waals surface area contributed by atoms with Gasteiger partial charge in [0.25, 0.3) is 0 Å². The summed E-state index contributed by atoms with van der Waals surface area (Å²) in [6.07, 6.45) is 2.60. The topological polar surface area (TPSA) is 35.6 Å². The molecule has 0 atom stereocenters. The van der Waals surface area contributed by atoms with Crippen molar-refractivity contribution in [1.29, 1.82) is 0 Å². The normalized spacial score (nSPS) is 14.3. The molecule has 0 saturated carbocycles. The zero-order valence-corrected chi connectivity index (χ0v) is 16.1. The van der Waals surface area contributed by atoms with Crippen LogP contribution in [0.2, 0.25) is 5.02 Å². The number of amides is 1. The molecule has 1 aliphatic heterocycles. The van der Waals surface area contributed by atoms with E-state index >= 15 is 0 Å². The maximum Gasteiger partial charge on any atom is 0.238 e. The standard InChI is InChI=1S/C16H24ClN3O.2ClH/c1-13-5-6-14(17)15(11-13)18-16(21)12-19(2)9-10-20-7-3-4-8-20;;/h5-6,11H,3-4,7-10,12H2,1-2H3,(H,18,21);2*1H. The molecule has 1 aromatic carbocycles. The Kier molecular flexibility index (Phi) is 10.9. The first kappa shape index (κ1) is 22.5. The lowest BCUT2D eigenvalue weighted by Gasteiger charge is -2.21. The minimum atomic E-state index is -0.0218. The van der Waals surface area contributed by atoms with Crippen molar-refractivity contribution in [3.63, 3.8) is 0 Å². The van der Waals surface area contributed by atoms with Crippen LogP contribution in [-0.2, 0) is 4.79 Å². The Morgan fingerprint density at radius 1 is 1.30 bits per heavy atom. The maximum atomic E-state index is 12.1. The second-order valence-corrected chi connectivity index (χ2v) is 6.23. The van der Waals surface area contributed by atoms with Crippen LogP contribution in [0.3, 0.4) is 0 Å². The predicted octanol–water partition coefficient (Wildman–Crippen LogP) is 3.46. The first-order valence-electron chi connectivity index (χ1n) is 7.51. The molecule has 1 N–H and O–H groups in total. The third-order valence-corrected chi connectivity index (χ3v) is 4.14. The smallest absolute Gasteiger partial charge is 0.238 e. The van der Waals surface area contributed by atoms with Gasteiger partial charge in [0.1, 0.15) is 0 Å². The van der Waals surface area contributed by atoms with E-state index in [4.69, 9.17) is 11.6 Å². The molecule has 0 aromatic heterocycles. The molecular formula is C16H26Cl3N3O. The lowest BCUT2D eigenvalue weighted by molar-refractivity contribution is -0.117. The monoisotopic (exact) mass is 381 g/mol. The van der Waals surface area contributed by atoms with Crippen LogP contribution < -0.4 is 5.32 Å². The summed E-state index contributed by atoms with van der Waals surface area (Å²) in [6, 6.07) is 5.63. The molecule has 1 fully saturated rings. The Bertz CT molecular complexity index is 493. The number of halogens is 3. The van der Waals surface area contributed by atoms with Crippen molar-refractivity contribution in [3.05, 3.63) is 28.8 Å². The summed E-state index contributed by atoms with van der Waals surface area (Å²) in [5.41, 5.74) is 1.77. The Hall–Kier alpha value is -0.520. The van der Waals surface area contributed by atoms with E-state index in [1.165, 1.54) is 25.9 Å². The molecule has 2 rings (SSSR count). The number of nitrogens with one attached hydrogen (secondary N) is 1. The van der Waals surface area contributed by atoms with E-state index in [1.807, 2.05) is 32.2 Å². The molecule has 1 heterocycles. The van der Waals surface area contributed by atoms with Gasteiger partial charge in [-0.1, -0.05) is 17.7 Å². The molecule has 0 radical (unpaired) electrons. The molecule has 4 nitrogen and oxygen atoms in total. The van der Waals surface area contributed by atoms with Crippen molar-refractivity contribution in [2.75, 3.05) is 45.1 Å². The number of hydrogen-bond donors (Lipinski definition) is 1. The Balaban J connectivity index is 0.00000242. The first-order valence-corrected chi connectivity index (χ1v) is 7.89. The summed E-state index contributed by atoms with van der Waals surface area (Å²) in [7, 11) is 1.98. The van der Waals surface area contributed by atoms with E-state index in [-0.39, 0.29) is 30.7 Å². The van der Waals surface area contributed by atoms with Crippen LogP contribution in [0.5, 0.6) is 0 Å². The molecule has 0 bridgehead atoms. The molecule has 0 aliphatic carbocycles. The van der Waals surface area contributed by atoms with Gasteiger partial charge in [0.05, 0.1) is 17.3 Å². The average Bonchev–Trinajstić information content (AvgIpc) is 2.94. The van der Waals surface area contributed by atoms with Crippen molar-refractivity contribution < 1.29 is 4.79 Å². The third kappa shape index (κ3) is 7.73.